The third-order valence-corrected chi connectivity index (χ3v) is 5.95. The van der Waals surface area contributed by atoms with Crippen LogP contribution in [0, 0.1) is 6.92 Å². The molecule has 2 aliphatic heterocycles. The largest absolute Gasteiger partial charge is 0.494 e. The minimum absolute atomic E-state index is 0.00702. The van der Waals surface area contributed by atoms with Crippen LogP contribution >= 0.6 is 23.2 Å². The number of aliphatic carboxylic acids is 1. The SMILES string of the molecule is CCOc1cccc([C@H]2O[C@H](CC(=O)O)C3=NNC(C(F)(F)Cl)N3c3ccc(Cl)cc32)c1C. The van der Waals surface area contributed by atoms with Crippen LogP contribution in [0.5, 0.6) is 5.75 Å². The summed E-state index contributed by atoms with van der Waals surface area (Å²) >= 11 is 11.7. The van der Waals surface area contributed by atoms with Crippen LogP contribution in [-0.4, -0.2) is 41.2 Å². The van der Waals surface area contributed by atoms with Gasteiger partial charge in [-0.25, -0.2) is 0 Å². The van der Waals surface area contributed by atoms with Gasteiger partial charge in [-0.2, -0.15) is 13.9 Å². The summed E-state index contributed by atoms with van der Waals surface area (Å²) in [6.07, 6.45) is -4.23. The van der Waals surface area contributed by atoms with Gasteiger partial charge in [0.1, 0.15) is 18.0 Å². The fourth-order valence-corrected chi connectivity index (χ4v) is 4.43. The number of anilines is 1. The highest BCUT2D eigenvalue weighted by Crippen LogP contribution is 2.45. The number of rotatable bonds is 6. The molecule has 3 atom stereocenters. The molecule has 2 N–H and O–H groups in total. The van der Waals surface area contributed by atoms with E-state index in [0.29, 0.717) is 34.2 Å². The molecule has 0 aromatic heterocycles. The Labute approximate surface area is 198 Å². The van der Waals surface area contributed by atoms with E-state index in [-0.39, 0.29) is 5.84 Å². The number of alkyl halides is 3. The first-order valence-corrected chi connectivity index (χ1v) is 11.0. The molecule has 11 heteroatoms. The average molecular weight is 500 g/mol. The van der Waals surface area contributed by atoms with Crippen LogP contribution in [0.2, 0.25) is 5.02 Å². The molecule has 0 bridgehead atoms. The van der Waals surface area contributed by atoms with Gasteiger partial charge in [0.15, 0.2) is 12.0 Å². The van der Waals surface area contributed by atoms with Gasteiger partial charge in [0.05, 0.1) is 18.7 Å². The molecule has 7 nitrogen and oxygen atoms in total. The fourth-order valence-electron chi connectivity index (χ4n) is 4.10. The van der Waals surface area contributed by atoms with Gasteiger partial charge < -0.3 is 14.6 Å². The average Bonchev–Trinajstić information content (AvgIpc) is 3.14. The van der Waals surface area contributed by atoms with Gasteiger partial charge in [0, 0.05) is 10.6 Å². The summed E-state index contributed by atoms with van der Waals surface area (Å²) in [7, 11) is 0. The molecular formula is C22H21Cl2F2N3O4. The van der Waals surface area contributed by atoms with Gasteiger partial charge in [0.25, 0.3) is 0 Å². The zero-order valence-electron chi connectivity index (χ0n) is 17.7. The monoisotopic (exact) mass is 499 g/mol. The molecule has 0 fully saturated rings. The molecule has 2 aliphatic rings. The predicted octanol–water partition coefficient (Wildman–Crippen LogP) is 4.89. The first-order valence-electron chi connectivity index (χ1n) is 10.2. The number of hydrazone groups is 1. The van der Waals surface area contributed by atoms with E-state index < -0.39 is 36.1 Å². The number of carboxylic acid groups (broad SMARTS) is 1. The lowest BCUT2D eigenvalue weighted by atomic mass is 9.95. The Kier molecular flexibility index (Phi) is 6.39. The van der Waals surface area contributed by atoms with Crippen LogP contribution in [0.3, 0.4) is 0 Å². The summed E-state index contributed by atoms with van der Waals surface area (Å²) in [6.45, 7) is 4.15. The smallest absolute Gasteiger partial charge is 0.361 e. The molecule has 0 radical (unpaired) electrons. The Morgan fingerprint density at radius 1 is 1.33 bits per heavy atom. The van der Waals surface area contributed by atoms with Crippen LogP contribution in [0.25, 0.3) is 0 Å². The lowest BCUT2D eigenvalue weighted by Gasteiger charge is -2.30. The predicted molar refractivity (Wildman–Crippen MR) is 120 cm³/mol. The second-order valence-corrected chi connectivity index (χ2v) is 8.56. The highest BCUT2D eigenvalue weighted by molar-refractivity contribution is 6.30. The van der Waals surface area contributed by atoms with E-state index in [1.165, 1.54) is 4.90 Å². The Bertz CT molecular complexity index is 1110. The molecule has 4 rings (SSSR count). The van der Waals surface area contributed by atoms with Crippen molar-refractivity contribution in [3.63, 3.8) is 0 Å². The number of fused-ring (bicyclic) bond motifs is 3. The van der Waals surface area contributed by atoms with Crippen LogP contribution in [0.15, 0.2) is 41.5 Å². The minimum Gasteiger partial charge on any atom is -0.494 e. The number of hydrogen-bond donors (Lipinski definition) is 2. The van der Waals surface area contributed by atoms with Crippen LogP contribution in [0.1, 0.15) is 36.1 Å². The van der Waals surface area contributed by atoms with Crippen molar-refractivity contribution >= 4 is 40.7 Å². The molecule has 0 spiro atoms. The maximum absolute atomic E-state index is 14.3. The number of carbonyl (C=O) groups is 1. The van der Waals surface area contributed by atoms with E-state index in [2.05, 4.69) is 10.5 Å². The van der Waals surface area contributed by atoms with Crippen molar-refractivity contribution in [1.82, 2.24) is 5.43 Å². The molecule has 176 valence electrons. The van der Waals surface area contributed by atoms with Gasteiger partial charge in [-0.05, 0) is 60.8 Å². The van der Waals surface area contributed by atoms with Gasteiger partial charge in [-0.15, -0.1) is 0 Å². The van der Waals surface area contributed by atoms with Gasteiger partial charge >= 0.3 is 11.4 Å². The number of nitrogens with one attached hydrogen (secondary N) is 1. The Morgan fingerprint density at radius 2 is 2.09 bits per heavy atom. The third-order valence-electron chi connectivity index (χ3n) is 5.50. The lowest BCUT2D eigenvalue weighted by molar-refractivity contribution is -0.139. The summed E-state index contributed by atoms with van der Waals surface area (Å²) in [5.74, 6) is -0.551. The van der Waals surface area contributed by atoms with Gasteiger partial charge in [-0.1, -0.05) is 23.7 Å². The molecule has 0 saturated heterocycles. The molecule has 33 heavy (non-hydrogen) atoms. The first kappa shape index (κ1) is 23.5. The maximum atomic E-state index is 14.3. The molecule has 2 heterocycles. The van der Waals surface area contributed by atoms with Crippen molar-refractivity contribution in [2.45, 2.75) is 44.0 Å². The number of ether oxygens (including phenoxy) is 2. The zero-order chi connectivity index (χ0) is 23.9. The second kappa shape index (κ2) is 8.96. The summed E-state index contributed by atoms with van der Waals surface area (Å²) in [5, 5.41) is 10.1. The highest BCUT2D eigenvalue weighted by Gasteiger charge is 2.51. The molecule has 2 aromatic rings. The van der Waals surface area contributed by atoms with Crippen molar-refractivity contribution < 1.29 is 28.2 Å². The van der Waals surface area contributed by atoms with Crippen molar-refractivity contribution in [1.29, 1.82) is 0 Å². The standard InChI is InChI=1S/C22H21Cl2F2N3O4/c1-3-32-16-6-4-5-13(11(16)2)19-14-9-12(23)7-8-15(14)29-20(17(33-19)10-18(30)31)27-28-21(29)22(24,25)26/h4-9,17,19,21,28H,3,10H2,1-2H3,(H,30,31)/t17-,19-,21?/m1/s1. The molecule has 2 aromatic carbocycles. The van der Waals surface area contributed by atoms with Crippen molar-refractivity contribution in [3.8, 4) is 5.75 Å². The van der Waals surface area contributed by atoms with Crippen molar-refractivity contribution in [3.05, 3.63) is 58.1 Å². The van der Waals surface area contributed by atoms with E-state index in [9.17, 15) is 18.7 Å². The van der Waals surface area contributed by atoms with E-state index >= 15 is 0 Å². The minimum atomic E-state index is -3.72. The van der Waals surface area contributed by atoms with E-state index in [1.54, 1.807) is 24.3 Å². The fraction of sp³-hybridized carbons (Fsp3) is 0.364. The summed E-state index contributed by atoms with van der Waals surface area (Å²) < 4.78 is 40.6. The number of hydrogen-bond acceptors (Lipinski definition) is 6. The van der Waals surface area contributed by atoms with Crippen molar-refractivity contribution in [2.24, 2.45) is 5.10 Å². The molecular weight excluding hydrogens is 479 g/mol. The number of benzene rings is 2. The number of amidine groups is 1. The normalized spacial score (nSPS) is 22.1. The summed E-state index contributed by atoms with van der Waals surface area (Å²) in [5.41, 5.74) is 4.57. The number of nitrogens with zero attached hydrogens (tertiary/aromatic N) is 2. The molecule has 0 amide bonds. The number of carboxylic acids is 1. The van der Waals surface area contributed by atoms with Crippen LogP contribution < -0.4 is 15.1 Å². The Hall–Kier alpha value is -2.62. The van der Waals surface area contributed by atoms with Crippen molar-refractivity contribution in [2.75, 3.05) is 11.5 Å². The van der Waals surface area contributed by atoms with E-state index in [4.69, 9.17) is 32.7 Å². The molecule has 0 aliphatic carbocycles. The van der Waals surface area contributed by atoms with Crippen LogP contribution in [-0.2, 0) is 9.53 Å². The third kappa shape index (κ3) is 4.45. The van der Waals surface area contributed by atoms with Gasteiger partial charge in [-0.3, -0.25) is 15.1 Å². The number of halogens is 4. The quantitative estimate of drug-likeness (QED) is 0.550. The Balaban J connectivity index is 1.93. The zero-order valence-corrected chi connectivity index (χ0v) is 19.2. The first-order chi connectivity index (χ1) is 15.6. The maximum Gasteiger partial charge on any atom is 0.361 e. The van der Waals surface area contributed by atoms with Crippen LogP contribution in [0.4, 0.5) is 14.5 Å². The Morgan fingerprint density at radius 3 is 2.76 bits per heavy atom. The van der Waals surface area contributed by atoms with Gasteiger partial charge in [0.2, 0.25) is 0 Å². The highest BCUT2D eigenvalue weighted by atomic mass is 35.5. The molecule has 1 unspecified atom stereocenters. The lowest BCUT2D eigenvalue weighted by Crippen LogP contribution is -2.52. The van der Waals surface area contributed by atoms with E-state index in [1.807, 2.05) is 26.0 Å². The summed E-state index contributed by atoms with van der Waals surface area (Å²) in [4.78, 5) is 12.8. The second-order valence-electron chi connectivity index (χ2n) is 7.62. The van der Waals surface area contributed by atoms with E-state index in [0.717, 1.165) is 5.56 Å². The topological polar surface area (TPSA) is 83.4 Å². The molecule has 0 saturated carbocycles. The summed E-state index contributed by atoms with van der Waals surface area (Å²) in [6, 6.07) is 10.1.